The molecule has 1 aliphatic heterocycles. The van der Waals surface area contributed by atoms with Crippen molar-refractivity contribution in [2.75, 3.05) is 19.6 Å². The predicted octanol–water partition coefficient (Wildman–Crippen LogP) is 0.814. The molecule has 0 saturated carbocycles. The van der Waals surface area contributed by atoms with E-state index in [1.165, 1.54) is 0 Å². The van der Waals surface area contributed by atoms with Crippen molar-refractivity contribution in [2.24, 2.45) is 0 Å². The lowest BCUT2D eigenvalue weighted by molar-refractivity contribution is 0.0901. The molecule has 1 atom stereocenters. The van der Waals surface area contributed by atoms with Crippen molar-refractivity contribution in [3.8, 4) is 6.07 Å². The average Bonchev–Trinajstić information content (AvgIpc) is 3.01. The van der Waals surface area contributed by atoms with Crippen molar-refractivity contribution < 1.29 is 5.11 Å². The van der Waals surface area contributed by atoms with E-state index < -0.39 is 6.10 Å². The largest absolute Gasteiger partial charge is 0.387 e. The van der Waals surface area contributed by atoms with Crippen molar-refractivity contribution >= 4 is 0 Å². The number of β-amino-alcohol motifs (C(OH)–C–C–N with tert-alkyl or cyclic N) is 1. The zero-order valence-electron chi connectivity index (χ0n) is 12.7. The number of nitrogens with one attached hydrogen (secondary N) is 1. The fourth-order valence-corrected chi connectivity index (χ4v) is 3.03. The molecule has 3 rings (SSSR count). The zero-order valence-corrected chi connectivity index (χ0v) is 12.7. The topological polar surface area (TPSA) is 97.9 Å². The Balaban J connectivity index is 1.55. The SMILES string of the molecule is N#Cc1ccc(C(O)CN2CCC(n3cn[nH]c3=O)CC2)cc1. The molecule has 1 aromatic carbocycles. The van der Waals surface area contributed by atoms with E-state index in [1.807, 2.05) is 0 Å². The molecule has 1 saturated heterocycles. The molecule has 1 fully saturated rings. The lowest BCUT2D eigenvalue weighted by Gasteiger charge is -2.33. The van der Waals surface area contributed by atoms with Crippen molar-refractivity contribution in [3.05, 3.63) is 52.2 Å². The van der Waals surface area contributed by atoms with Gasteiger partial charge in [-0.15, -0.1) is 0 Å². The highest BCUT2D eigenvalue weighted by Gasteiger charge is 2.23. The standard InChI is InChI=1S/C16H19N5O2/c17-9-12-1-3-13(4-2-12)15(22)10-20-7-5-14(6-8-20)21-11-18-19-16(21)23/h1-4,11,14-15,22H,5-8,10H2,(H,19,23). The van der Waals surface area contributed by atoms with Gasteiger partial charge in [-0.1, -0.05) is 12.1 Å². The first kappa shape index (κ1) is 15.5. The van der Waals surface area contributed by atoms with Gasteiger partial charge in [-0.05, 0) is 30.5 Å². The van der Waals surface area contributed by atoms with E-state index in [9.17, 15) is 9.90 Å². The highest BCUT2D eigenvalue weighted by Crippen LogP contribution is 2.23. The average molecular weight is 313 g/mol. The first-order valence-electron chi connectivity index (χ1n) is 7.69. The summed E-state index contributed by atoms with van der Waals surface area (Å²) >= 11 is 0. The third-order valence-electron chi connectivity index (χ3n) is 4.38. The number of aromatic nitrogens is 3. The molecular weight excluding hydrogens is 294 g/mol. The van der Waals surface area contributed by atoms with Crippen LogP contribution in [0.25, 0.3) is 0 Å². The second-order valence-electron chi connectivity index (χ2n) is 5.85. The summed E-state index contributed by atoms with van der Waals surface area (Å²) in [6.07, 6.45) is 2.70. The molecule has 1 unspecified atom stereocenters. The number of likely N-dealkylation sites (tertiary alicyclic amines) is 1. The summed E-state index contributed by atoms with van der Waals surface area (Å²) in [4.78, 5) is 13.8. The normalized spacial score (nSPS) is 17.7. The van der Waals surface area contributed by atoms with Gasteiger partial charge in [0, 0.05) is 25.7 Å². The first-order chi connectivity index (χ1) is 11.2. The van der Waals surface area contributed by atoms with E-state index in [-0.39, 0.29) is 11.7 Å². The molecule has 0 bridgehead atoms. The van der Waals surface area contributed by atoms with Crippen LogP contribution in [0.4, 0.5) is 0 Å². The van der Waals surface area contributed by atoms with E-state index in [2.05, 4.69) is 21.2 Å². The van der Waals surface area contributed by atoms with Gasteiger partial charge in [0.05, 0.1) is 17.7 Å². The van der Waals surface area contributed by atoms with Crippen LogP contribution in [-0.4, -0.2) is 44.4 Å². The number of rotatable bonds is 4. The van der Waals surface area contributed by atoms with Gasteiger partial charge in [0.1, 0.15) is 6.33 Å². The lowest BCUT2D eigenvalue weighted by atomic mass is 10.0. The van der Waals surface area contributed by atoms with E-state index in [4.69, 9.17) is 5.26 Å². The van der Waals surface area contributed by atoms with Gasteiger partial charge in [-0.2, -0.15) is 10.4 Å². The maximum absolute atomic E-state index is 11.6. The molecule has 1 aliphatic rings. The minimum absolute atomic E-state index is 0.166. The number of hydrogen-bond acceptors (Lipinski definition) is 5. The van der Waals surface area contributed by atoms with Gasteiger partial charge >= 0.3 is 5.69 Å². The van der Waals surface area contributed by atoms with Crippen LogP contribution in [0.3, 0.4) is 0 Å². The summed E-state index contributed by atoms with van der Waals surface area (Å²) < 4.78 is 1.65. The molecular formula is C16H19N5O2. The van der Waals surface area contributed by atoms with Gasteiger partial charge in [-0.3, -0.25) is 4.57 Å². The Hall–Kier alpha value is -2.43. The molecule has 0 amide bonds. The van der Waals surface area contributed by atoms with Gasteiger partial charge in [0.25, 0.3) is 0 Å². The number of benzene rings is 1. The number of aromatic amines is 1. The summed E-state index contributed by atoms with van der Waals surface area (Å²) in [5.41, 5.74) is 1.24. The number of aliphatic hydroxyl groups excluding tert-OH is 1. The first-order valence-corrected chi connectivity index (χ1v) is 7.69. The third-order valence-corrected chi connectivity index (χ3v) is 4.38. The maximum atomic E-state index is 11.6. The van der Waals surface area contributed by atoms with E-state index in [0.29, 0.717) is 12.1 Å². The molecule has 0 aliphatic carbocycles. The van der Waals surface area contributed by atoms with Gasteiger partial charge in [0.15, 0.2) is 0 Å². The Labute approximate surface area is 133 Å². The molecule has 7 heteroatoms. The molecule has 1 aromatic heterocycles. The quantitative estimate of drug-likeness (QED) is 0.870. The number of hydrogen-bond donors (Lipinski definition) is 2. The molecule has 2 N–H and O–H groups in total. The Morgan fingerprint density at radius 2 is 2.04 bits per heavy atom. The Morgan fingerprint density at radius 1 is 1.35 bits per heavy atom. The maximum Gasteiger partial charge on any atom is 0.343 e. The predicted molar refractivity (Wildman–Crippen MR) is 83.7 cm³/mol. The monoisotopic (exact) mass is 313 g/mol. The number of piperidine rings is 1. The van der Waals surface area contributed by atoms with Crippen molar-refractivity contribution in [1.29, 1.82) is 5.26 Å². The summed E-state index contributed by atoms with van der Waals surface area (Å²) in [5.74, 6) is 0. The molecule has 2 heterocycles. The number of nitrogens with zero attached hydrogens (tertiary/aromatic N) is 4. The highest BCUT2D eigenvalue weighted by molar-refractivity contribution is 5.32. The Morgan fingerprint density at radius 3 is 2.61 bits per heavy atom. The molecule has 0 radical (unpaired) electrons. The lowest BCUT2D eigenvalue weighted by Crippen LogP contribution is -2.38. The van der Waals surface area contributed by atoms with Gasteiger partial charge in [0.2, 0.25) is 0 Å². The van der Waals surface area contributed by atoms with Crippen LogP contribution in [0.5, 0.6) is 0 Å². The second kappa shape index (κ2) is 6.77. The van der Waals surface area contributed by atoms with Crippen molar-refractivity contribution in [2.45, 2.75) is 25.0 Å². The summed E-state index contributed by atoms with van der Waals surface area (Å²) in [6.45, 7) is 2.21. The van der Waals surface area contributed by atoms with Crippen LogP contribution < -0.4 is 5.69 Å². The number of aliphatic hydroxyl groups is 1. The van der Waals surface area contributed by atoms with E-state index in [1.54, 1.807) is 35.2 Å². The fourth-order valence-electron chi connectivity index (χ4n) is 3.03. The molecule has 23 heavy (non-hydrogen) atoms. The van der Waals surface area contributed by atoms with Crippen molar-refractivity contribution in [1.82, 2.24) is 19.7 Å². The zero-order chi connectivity index (χ0) is 16.2. The van der Waals surface area contributed by atoms with Crippen LogP contribution >= 0.6 is 0 Å². The molecule has 2 aromatic rings. The summed E-state index contributed by atoms with van der Waals surface area (Å²) in [7, 11) is 0. The van der Waals surface area contributed by atoms with Crippen LogP contribution in [0.1, 0.15) is 36.1 Å². The highest BCUT2D eigenvalue weighted by atomic mass is 16.3. The van der Waals surface area contributed by atoms with Crippen LogP contribution in [0, 0.1) is 11.3 Å². The minimum Gasteiger partial charge on any atom is -0.387 e. The molecule has 7 nitrogen and oxygen atoms in total. The Bertz CT molecular complexity index is 735. The van der Waals surface area contributed by atoms with Crippen molar-refractivity contribution in [3.63, 3.8) is 0 Å². The molecule has 120 valence electrons. The van der Waals surface area contributed by atoms with Crippen LogP contribution in [0.2, 0.25) is 0 Å². The van der Waals surface area contributed by atoms with Crippen LogP contribution in [0.15, 0.2) is 35.4 Å². The fraction of sp³-hybridized carbons (Fsp3) is 0.438. The second-order valence-corrected chi connectivity index (χ2v) is 5.85. The summed E-state index contributed by atoms with van der Waals surface area (Å²) in [6, 6.07) is 9.26. The smallest absolute Gasteiger partial charge is 0.343 e. The number of nitriles is 1. The third kappa shape index (κ3) is 3.50. The van der Waals surface area contributed by atoms with E-state index in [0.717, 1.165) is 31.5 Å². The van der Waals surface area contributed by atoms with E-state index >= 15 is 0 Å². The summed E-state index contributed by atoms with van der Waals surface area (Å²) in [5, 5.41) is 25.3. The van der Waals surface area contributed by atoms with Gasteiger partial charge < -0.3 is 10.0 Å². The Kier molecular flexibility index (Phi) is 4.55. The molecule has 0 spiro atoms. The van der Waals surface area contributed by atoms with Gasteiger partial charge in [-0.25, -0.2) is 9.89 Å². The van der Waals surface area contributed by atoms with Crippen LogP contribution in [-0.2, 0) is 0 Å². The number of H-pyrrole nitrogens is 1. The minimum atomic E-state index is -0.573.